The highest BCUT2D eigenvalue weighted by atomic mass is 16.7. The molecule has 0 radical (unpaired) electrons. The van der Waals surface area contributed by atoms with Crippen LogP contribution in [0.5, 0.6) is 11.5 Å². The molecule has 96 valence electrons. The lowest BCUT2D eigenvalue weighted by atomic mass is 10.1. The molecule has 1 aromatic carbocycles. The van der Waals surface area contributed by atoms with Crippen molar-refractivity contribution >= 4 is 5.91 Å². The maximum Gasteiger partial charge on any atom is 0.231 e. The zero-order chi connectivity index (χ0) is 12.4. The van der Waals surface area contributed by atoms with Gasteiger partial charge in [-0.1, -0.05) is 18.9 Å². The molecule has 1 fully saturated rings. The lowest BCUT2D eigenvalue weighted by molar-refractivity contribution is -0.124. The lowest BCUT2D eigenvalue weighted by Gasteiger charge is -2.10. The molecule has 1 N–H and O–H groups in total. The van der Waals surface area contributed by atoms with E-state index in [4.69, 9.17) is 9.47 Å². The summed E-state index contributed by atoms with van der Waals surface area (Å²) in [7, 11) is 0. The monoisotopic (exact) mass is 247 g/mol. The summed E-state index contributed by atoms with van der Waals surface area (Å²) in [6, 6.07) is 5.78. The summed E-state index contributed by atoms with van der Waals surface area (Å²) in [5, 5.41) is 3.00. The molecule has 1 aliphatic heterocycles. The Morgan fingerprint density at radius 3 is 2.83 bits per heavy atom. The Labute approximate surface area is 106 Å². The topological polar surface area (TPSA) is 47.6 Å². The largest absolute Gasteiger partial charge is 0.454 e. The molecule has 1 aliphatic carbocycles. The lowest BCUT2D eigenvalue weighted by Crippen LogP contribution is -2.28. The van der Waals surface area contributed by atoms with E-state index in [-0.39, 0.29) is 18.6 Å². The Balaban J connectivity index is 1.58. The first-order valence-electron chi connectivity index (χ1n) is 6.49. The molecule has 1 aromatic rings. The van der Waals surface area contributed by atoms with Crippen LogP contribution < -0.4 is 14.8 Å². The minimum Gasteiger partial charge on any atom is -0.454 e. The molecule has 0 unspecified atom stereocenters. The van der Waals surface area contributed by atoms with Crippen molar-refractivity contribution in [1.29, 1.82) is 0 Å². The summed E-state index contributed by atoms with van der Waals surface area (Å²) >= 11 is 0. The molecule has 2 aliphatic rings. The molecule has 1 saturated carbocycles. The van der Waals surface area contributed by atoms with Gasteiger partial charge in [-0.3, -0.25) is 4.79 Å². The van der Waals surface area contributed by atoms with Gasteiger partial charge in [0.25, 0.3) is 0 Å². The Kier molecular flexibility index (Phi) is 3.09. The maximum atomic E-state index is 11.9. The van der Waals surface area contributed by atoms with Gasteiger partial charge in [0.15, 0.2) is 11.5 Å². The molecule has 4 heteroatoms. The third-order valence-corrected chi connectivity index (χ3v) is 3.63. The van der Waals surface area contributed by atoms with E-state index in [1.165, 1.54) is 12.8 Å². The number of nitrogens with one attached hydrogen (secondary N) is 1. The van der Waals surface area contributed by atoms with Gasteiger partial charge in [0, 0.05) is 12.5 Å². The molecule has 0 aromatic heterocycles. The number of carbonyl (C=O) groups is 1. The predicted octanol–water partition coefficient (Wildman–Crippen LogP) is 2.22. The molecule has 4 nitrogen and oxygen atoms in total. The van der Waals surface area contributed by atoms with Crippen LogP contribution in [-0.4, -0.2) is 12.7 Å². The molecule has 0 atom stereocenters. The van der Waals surface area contributed by atoms with Crippen molar-refractivity contribution in [1.82, 2.24) is 5.32 Å². The van der Waals surface area contributed by atoms with E-state index >= 15 is 0 Å². The van der Waals surface area contributed by atoms with E-state index in [1.54, 1.807) is 0 Å². The quantitative estimate of drug-likeness (QED) is 0.891. The number of amides is 1. The van der Waals surface area contributed by atoms with Crippen LogP contribution in [0.15, 0.2) is 18.2 Å². The van der Waals surface area contributed by atoms with E-state index in [9.17, 15) is 4.79 Å². The number of carbonyl (C=O) groups excluding carboxylic acids is 1. The molecule has 1 amide bonds. The number of benzene rings is 1. The molecule has 0 saturated heterocycles. The van der Waals surface area contributed by atoms with Crippen LogP contribution in [0.25, 0.3) is 0 Å². The Morgan fingerprint density at radius 1 is 1.22 bits per heavy atom. The van der Waals surface area contributed by atoms with Crippen molar-refractivity contribution in [3.05, 3.63) is 23.8 Å². The van der Waals surface area contributed by atoms with Gasteiger partial charge in [-0.2, -0.15) is 0 Å². The van der Waals surface area contributed by atoms with Gasteiger partial charge in [-0.15, -0.1) is 0 Å². The number of rotatable bonds is 3. The molecule has 3 rings (SSSR count). The zero-order valence-corrected chi connectivity index (χ0v) is 10.3. The van der Waals surface area contributed by atoms with Gasteiger partial charge in [0.2, 0.25) is 12.7 Å². The van der Waals surface area contributed by atoms with Crippen LogP contribution in [0, 0.1) is 5.92 Å². The van der Waals surface area contributed by atoms with E-state index in [0.29, 0.717) is 6.54 Å². The number of hydrogen-bond acceptors (Lipinski definition) is 3. The summed E-state index contributed by atoms with van der Waals surface area (Å²) in [6.07, 6.45) is 4.43. The van der Waals surface area contributed by atoms with Gasteiger partial charge in [-0.25, -0.2) is 0 Å². The van der Waals surface area contributed by atoms with Crippen molar-refractivity contribution < 1.29 is 14.3 Å². The highest BCUT2D eigenvalue weighted by molar-refractivity contribution is 5.78. The van der Waals surface area contributed by atoms with Gasteiger partial charge in [-0.05, 0) is 30.5 Å². The van der Waals surface area contributed by atoms with Crippen molar-refractivity contribution in [2.24, 2.45) is 5.92 Å². The zero-order valence-electron chi connectivity index (χ0n) is 10.3. The summed E-state index contributed by atoms with van der Waals surface area (Å²) in [5.41, 5.74) is 1.05. The average molecular weight is 247 g/mol. The van der Waals surface area contributed by atoms with Gasteiger partial charge in [0.05, 0.1) is 0 Å². The minimum absolute atomic E-state index is 0.185. The van der Waals surface area contributed by atoms with Crippen LogP contribution in [0.4, 0.5) is 0 Å². The van der Waals surface area contributed by atoms with E-state index in [2.05, 4.69) is 5.32 Å². The molecular weight excluding hydrogens is 230 g/mol. The maximum absolute atomic E-state index is 11.9. The smallest absolute Gasteiger partial charge is 0.231 e. The number of hydrogen-bond donors (Lipinski definition) is 1. The summed E-state index contributed by atoms with van der Waals surface area (Å²) in [4.78, 5) is 11.9. The fraction of sp³-hybridized carbons (Fsp3) is 0.500. The summed E-state index contributed by atoms with van der Waals surface area (Å²) in [6.45, 7) is 0.846. The summed E-state index contributed by atoms with van der Waals surface area (Å²) in [5.74, 6) is 1.95. The van der Waals surface area contributed by atoms with Gasteiger partial charge >= 0.3 is 0 Å². The number of fused-ring (bicyclic) bond motifs is 1. The van der Waals surface area contributed by atoms with Crippen molar-refractivity contribution in [3.8, 4) is 11.5 Å². The number of ether oxygens (including phenoxy) is 2. The van der Waals surface area contributed by atoms with E-state index in [1.807, 2.05) is 18.2 Å². The van der Waals surface area contributed by atoms with E-state index < -0.39 is 0 Å². The fourth-order valence-corrected chi connectivity index (χ4v) is 2.57. The van der Waals surface area contributed by atoms with Crippen molar-refractivity contribution in [3.63, 3.8) is 0 Å². The van der Waals surface area contributed by atoms with Crippen molar-refractivity contribution in [2.45, 2.75) is 32.2 Å². The third-order valence-electron chi connectivity index (χ3n) is 3.63. The van der Waals surface area contributed by atoms with Crippen LogP contribution >= 0.6 is 0 Å². The first kappa shape index (κ1) is 11.4. The summed E-state index contributed by atoms with van der Waals surface area (Å²) < 4.78 is 10.6. The first-order chi connectivity index (χ1) is 8.83. The Morgan fingerprint density at radius 2 is 2.00 bits per heavy atom. The second kappa shape index (κ2) is 4.88. The van der Waals surface area contributed by atoms with E-state index in [0.717, 1.165) is 29.9 Å². The Bertz CT molecular complexity index is 452. The van der Waals surface area contributed by atoms with Gasteiger partial charge < -0.3 is 14.8 Å². The van der Waals surface area contributed by atoms with Crippen LogP contribution in [-0.2, 0) is 11.3 Å². The molecule has 18 heavy (non-hydrogen) atoms. The molecular formula is C14H17NO3. The average Bonchev–Trinajstić information content (AvgIpc) is 3.05. The Hall–Kier alpha value is -1.71. The molecule has 1 heterocycles. The molecule has 0 spiro atoms. The van der Waals surface area contributed by atoms with Gasteiger partial charge in [0.1, 0.15) is 0 Å². The third kappa shape index (κ3) is 2.28. The first-order valence-corrected chi connectivity index (χ1v) is 6.49. The second-order valence-electron chi connectivity index (χ2n) is 4.89. The standard InChI is InChI=1S/C14H17NO3/c16-14(11-3-1-2-4-11)15-8-10-5-6-12-13(7-10)18-9-17-12/h5-7,11H,1-4,8-9H2,(H,15,16). The SMILES string of the molecule is O=C(NCc1ccc2c(c1)OCO2)C1CCCC1. The predicted molar refractivity (Wildman–Crippen MR) is 66.4 cm³/mol. The van der Waals surface area contributed by atoms with Crippen LogP contribution in [0.3, 0.4) is 0 Å². The normalized spacial score (nSPS) is 18.0. The second-order valence-corrected chi connectivity index (χ2v) is 4.89. The van der Waals surface area contributed by atoms with Crippen LogP contribution in [0.1, 0.15) is 31.2 Å². The fourth-order valence-electron chi connectivity index (χ4n) is 2.57. The van der Waals surface area contributed by atoms with Crippen LogP contribution in [0.2, 0.25) is 0 Å². The van der Waals surface area contributed by atoms with Crippen molar-refractivity contribution in [2.75, 3.05) is 6.79 Å². The molecule has 0 bridgehead atoms. The highest BCUT2D eigenvalue weighted by Crippen LogP contribution is 2.32. The minimum atomic E-state index is 0.185. The highest BCUT2D eigenvalue weighted by Gasteiger charge is 2.22.